The van der Waals surface area contributed by atoms with Crippen molar-refractivity contribution in [2.24, 2.45) is 0 Å². The Morgan fingerprint density at radius 2 is 1.57 bits per heavy atom. The lowest BCUT2D eigenvalue weighted by Crippen LogP contribution is -2.22. The van der Waals surface area contributed by atoms with Crippen LogP contribution in [0.4, 0.5) is 13.2 Å². The molecule has 1 atom stereocenters. The zero-order valence-electron chi connectivity index (χ0n) is 12.4. The average Bonchev–Trinajstić information content (AvgIpc) is 2.55. The number of nitrogens with one attached hydrogen (secondary N) is 1. The summed E-state index contributed by atoms with van der Waals surface area (Å²) in [6.45, 7) is 0.0811. The highest BCUT2D eigenvalue weighted by atomic mass is 19.4. The zero-order valence-corrected chi connectivity index (χ0v) is 12.4. The second-order valence-corrected chi connectivity index (χ2v) is 4.86. The first-order valence-electron chi connectivity index (χ1n) is 6.87. The maximum atomic E-state index is 12.7. The van der Waals surface area contributed by atoms with Gasteiger partial charge in [-0.15, -0.1) is 0 Å². The number of ether oxygens (including phenoxy) is 1. The van der Waals surface area contributed by atoms with Crippen LogP contribution in [0.25, 0.3) is 0 Å². The Balaban J connectivity index is 2.32. The van der Waals surface area contributed by atoms with E-state index in [4.69, 9.17) is 10.00 Å². The molecule has 0 aromatic heterocycles. The zero-order chi connectivity index (χ0) is 16.9. The Morgan fingerprint density at radius 3 is 2.00 bits per heavy atom. The van der Waals surface area contributed by atoms with Crippen molar-refractivity contribution in [1.82, 2.24) is 5.32 Å². The monoisotopic (exact) mass is 320 g/mol. The standard InChI is InChI=1S/C17H15F3N2O/c1-23-15-8-4-13(5-9-15)16(22-11-10-21)12-2-6-14(7-3-12)17(18,19)20/h2-9,16,22H,11H2,1H3/t16-/m0/s1. The van der Waals surface area contributed by atoms with Crippen LogP contribution in [0.15, 0.2) is 48.5 Å². The molecule has 0 bridgehead atoms. The Kier molecular flexibility index (Phi) is 5.24. The number of hydrogen-bond donors (Lipinski definition) is 1. The summed E-state index contributed by atoms with van der Waals surface area (Å²) in [4.78, 5) is 0. The Morgan fingerprint density at radius 1 is 1.04 bits per heavy atom. The summed E-state index contributed by atoms with van der Waals surface area (Å²) in [6.07, 6.45) is -4.37. The molecule has 3 nitrogen and oxygen atoms in total. The van der Waals surface area contributed by atoms with Gasteiger partial charge in [-0.05, 0) is 35.4 Å². The van der Waals surface area contributed by atoms with E-state index in [9.17, 15) is 13.2 Å². The minimum absolute atomic E-state index is 0.0811. The summed E-state index contributed by atoms with van der Waals surface area (Å²) in [5.41, 5.74) is 0.786. The van der Waals surface area contributed by atoms with Gasteiger partial charge in [-0.25, -0.2) is 0 Å². The average molecular weight is 320 g/mol. The van der Waals surface area contributed by atoms with Crippen molar-refractivity contribution in [3.63, 3.8) is 0 Å². The lowest BCUT2D eigenvalue weighted by Gasteiger charge is -2.19. The summed E-state index contributed by atoms with van der Waals surface area (Å²) in [5, 5.41) is 11.8. The van der Waals surface area contributed by atoms with E-state index in [0.717, 1.165) is 17.7 Å². The first-order valence-corrected chi connectivity index (χ1v) is 6.87. The Bertz CT molecular complexity index is 673. The molecule has 2 aromatic carbocycles. The second kappa shape index (κ2) is 7.16. The van der Waals surface area contributed by atoms with Crippen LogP contribution in [-0.2, 0) is 6.18 Å². The van der Waals surface area contributed by atoms with Gasteiger partial charge in [0.15, 0.2) is 0 Å². The smallest absolute Gasteiger partial charge is 0.416 e. The van der Waals surface area contributed by atoms with Crippen molar-refractivity contribution >= 4 is 0 Å². The predicted molar refractivity (Wildman–Crippen MR) is 79.9 cm³/mol. The molecule has 0 spiro atoms. The molecule has 23 heavy (non-hydrogen) atoms. The van der Waals surface area contributed by atoms with Crippen LogP contribution in [-0.4, -0.2) is 13.7 Å². The van der Waals surface area contributed by atoms with Crippen molar-refractivity contribution in [1.29, 1.82) is 5.26 Å². The number of halogens is 3. The third kappa shape index (κ3) is 4.24. The molecule has 0 radical (unpaired) electrons. The normalized spacial score (nSPS) is 12.5. The minimum Gasteiger partial charge on any atom is -0.497 e. The van der Waals surface area contributed by atoms with E-state index >= 15 is 0 Å². The molecule has 0 saturated carbocycles. The van der Waals surface area contributed by atoms with Crippen LogP contribution in [0.5, 0.6) is 5.75 Å². The largest absolute Gasteiger partial charge is 0.497 e. The summed E-state index contributed by atoms with van der Waals surface area (Å²) in [6, 6.07) is 13.7. The molecule has 2 aromatic rings. The molecule has 1 N–H and O–H groups in total. The highest BCUT2D eigenvalue weighted by Gasteiger charge is 2.30. The van der Waals surface area contributed by atoms with Gasteiger partial charge in [0.1, 0.15) is 5.75 Å². The number of hydrogen-bond acceptors (Lipinski definition) is 3. The topological polar surface area (TPSA) is 45.0 Å². The van der Waals surface area contributed by atoms with Gasteiger partial charge in [0.05, 0.1) is 31.3 Å². The van der Waals surface area contributed by atoms with Gasteiger partial charge < -0.3 is 4.74 Å². The van der Waals surface area contributed by atoms with Crippen LogP contribution >= 0.6 is 0 Å². The van der Waals surface area contributed by atoms with Gasteiger partial charge in [-0.3, -0.25) is 5.32 Å². The number of alkyl halides is 3. The van der Waals surface area contributed by atoms with Crippen LogP contribution in [0, 0.1) is 11.3 Å². The van der Waals surface area contributed by atoms with E-state index < -0.39 is 11.7 Å². The molecule has 0 unspecified atom stereocenters. The van der Waals surface area contributed by atoms with E-state index in [1.807, 2.05) is 18.2 Å². The molecule has 0 aliphatic rings. The number of nitriles is 1. The van der Waals surface area contributed by atoms with E-state index in [2.05, 4.69) is 5.32 Å². The number of benzene rings is 2. The van der Waals surface area contributed by atoms with Crippen LogP contribution in [0.3, 0.4) is 0 Å². The summed E-state index contributed by atoms with van der Waals surface area (Å²) in [5.74, 6) is 0.681. The van der Waals surface area contributed by atoms with E-state index in [1.165, 1.54) is 12.1 Å². The lowest BCUT2D eigenvalue weighted by molar-refractivity contribution is -0.137. The van der Waals surface area contributed by atoms with E-state index in [1.54, 1.807) is 19.2 Å². The molecule has 0 aliphatic carbocycles. The number of nitrogens with zero attached hydrogens (tertiary/aromatic N) is 1. The number of rotatable bonds is 5. The maximum Gasteiger partial charge on any atom is 0.416 e. The van der Waals surface area contributed by atoms with Crippen LogP contribution in [0.1, 0.15) is 22.7 Å². The van der Waals surface area contributed by atoms with E-state index in [-0.39, 0.29) is 12.6 Å². The fourth-order valence-electron chi connectivity index (χ4n) is 2.24. The lowest BCUT2D eigenvalue weighted by atomic mass is 9.97. The SMILES string of the molecule is COc1ccc([C@@H](NCC#N)c2ccc(C(F)(F)F)cc2)cc1. The highest BCUT2D eigenvalue weighted by molar-refractivity contribution is 5.37. The molecule has 2 rings (SSSR count). The van der Waals surface area contributed by atoms with Gasteiger partial charge in [-0.1, -0.05) is 24.3 Å². The first-order chi connectivity index (χ1) is 11.0. The first kappa shape index (κ1) is 16.8. The molecule has 0 fully saturated rings. The maximum absolute atomic E-state index is 12.7. The van der Waals surface area contributed by atoms with Crippen molar-refractivity contribution in [3.05, 3.63) is 65.2 Å². The summed E-state index contributed by atoms with van der Waals surface area (Å²) < 4.78 is 43.1. The van der Waals surface area contributed by atoms with Gasteiger partial charge in [0.2, 0.25) is 0 Å². The Hall–Kier alpha value is -2.52. The van der Waals surface area contributed by atoms with Crippen molar-refractivity contribution < 1.29 is 17.9 Å². The fraction of sp³-hybridized carbons (Fsp3) is 0.235. The Labute approximate surface area is 132 Å². The second-order valence-electron chi connectivity index (χ2n) is 4.86. The van der Waals surface area contributed by atoms with Crippen molar-refractivity contribution in [3.8, 4) is 11.8 Å². The molecule has 0 saturated heterocycles. The van der Waals surface area contributed by atoms with E-state index in [0.29, 0.717) is 11.3 Å². The molecular weight excluding hydrogens is 305 g/mol. The fourth-order valence-corrected chi connectivity index (χ4v) is 2.24. The van der Waals surface area contributed by atoms with Crippen molar-refractivity contribution in [2.45, 2.75) is 12.2 Å². The minimum atomic E-state index is -4.37. The quantitative estimate of drug-likeness (QED) is 0.849. The van der Waals surface area contributed by atoms with Gasteiger partial charge in [-0.2, -0.15) is 18.4 Å². The molecule has 0 aliphatic heterocycles. The predicted octanol–water partition coefficient (Wildman–Crippen LogP) is 3.92. The van der Waals surface area contributed by atoms with Crippen LogP contribution < -0.4 is 10.1 Å². The van der Waals surface area contributed by atoms with Gasteiger partial charge in [0.25, 0.3) is 0 Å². The van der Waals surface area contributed by atoms with Gasteiger partial charge >= 0.3 is 6.18 Å². The van der Waals surface area contributed by atoms with Crippen LogP contribution in [0.2, 0.25) is 0 Å². The molecular formula is C17H15F3N2O. The third-order valence-corrected chi connectivity index (χ3v) is 3.41. The summed E-state index contributed by atoms with van der Waals surface area (Å²) in [7, 11) is 1.55. The van der Waals surface area contributed by atoms with Gasteiger partial charge in [0, 0.05) is 0 Å². The number of methoxy groups -OCH3 is 1. The molecule has 6 heteroatoms. The van der Waals surface area contributed by atoms with Crippen molar-refractivity contribution in [2.75, 3.05) is 13.7 Å². The third-order valence-electron chi connectivity index (χ3n) is 3.41. The summed E-state index contributed by atoms with van der Waals surface area (Å²) >= 11 is 0. The molecule has 0 heterocycles. The highest BCUT2D eigenvalue weighted by Crippen LogP contribution is 2.31. The molecule has 120 valence electrons. The molecule has 0 amide bonds.